The van der Waals surface area contributed by atoms with Crippen molar-refractivity contribution in [3.8, 4) is 0 Å². The van der Waals surface area contributed by atoms with Crippen molar-refractivity contribution in [2.45, 2.75) is 71.4 Å². The highest BCUT2D eigenvalue weighted by Crippen LogP contribution is 2.30. The number of alkyl carbamates (subject to hydrolysis) is 1. The van der Waals surface area contributed by atoms with Crippen LogP contribution in [0.4, 0.5) is 4.79 Å². The molecule has 0 aromatic carbocycles. The van der Waals surface area contributed by atoms with Crippen molar-refractivity contribution in [1.29, 1.82) is 0 Å². The summed E-state index contributed by atoms with van der Waals surface area (Å²) in [6.07, 6.45) is 3.17. The molecular formula is C21H31N5O3. The number of amides is 2. The van der Waals surface area contributed by atoms with E-state index in [1.54, 1.807) is 10.7 Å². The zero-order chi connectivity index (χ0) is 21.4. The fourth-order valence-corrected chi connectivity index (χ4v) is 4.01. The highest BCUT2D eigenvalue weighted by Gasteiger charge is 2.37. The molecule has 2 N–H and O–H groups in total. The molecule has 3 rings (SSSR count). The molecule has 8 heteroatoms. The number of aryl methyl sites for hydroxylation is 3. The molecule has 8 nitrogen and oxygen atoms in total. The van der Waals surface area contributed by atoms with Crippen LogP contribution in [0, 0.1) is 13.8 Å². The Kier molecular flexibility index (Phi) is 5.56. The molecule has 158 valence electrons. The van der Waals surface area contributed by atoms with E-state index in [0.717, 1.165) is 42.5 Å². The molecule has 2 heterocycles. The van der Waals surface area contributed by atoms with Crippen molar-refractivity contribution >= 4 is 23.0 Å². The number of hydrogen-bond donors (Lipinski definition) is 2. The van der Waals surface area contributed by atoms with E-state index in [1.807, 2.05) is 41.7 Å². The number of fused-ring (bicyclic) bond motifs is 1. The van der Waals surface area contributed by atoms with Gasteiger partial charge in [-0.05, 0) is 53.5 Å². The molecule has 0 unspecified atom stereocenters. The van der Waals surface area contributed by atoms with Gasteiger partial charge >= 0.3 is 6.09 Å². The molecule has 2 aromatic heterocycles. The Morgan fingerprint density at radius 3 is 2.52 bits per heavy atom. The normalized spacial score (nSPS) is 16.1. The smallest absolute Gasteiger partial charge is 0.407 e. The van der Waals surface area contributed by atoms with Crippen molar-refractivity contribution in [3.63, 3.8) is 0 Å². The van der Waals surface area contributed by atoms with Crippen molar-refractivity contribution < 1.29 is 14.3 Å². The van der Waals surface area contributed by atoms with E-state index < -0.39 is 17.2 Å². The molecule has 1 aliphatic carbocycles. The molecule has 2 amide bonds. The third-order valence-corrected chi connectivity index (χ3v) is 5.25. The summed E-state index contributed by atoms with van der Waals surface area (Å²) < 4.78 is 7.04. The zero-order valence-corrected chi connectivity index (χ0v) is 18.2. The first-order valence-electron chi connectivity index (χ1n) is 10.1. The van der Waals surface area contributed by atoms with Crippen LogP contribution < -0.4 is 10.6 Å². The number of rotatable bonds is 4. The van der Waals surface area contributed by atoms with E-state index in [0.29, 0.717) is 17.8 Å². The van der Waals surface area contributed by atoms with Gasteiger partial charge in [-0.1, -0.05) is 12.8 Å². The summed E-state index contributed by atoms with van der Waals surface area (Å²) in [6.45, 7) is 9.57. The van der Waals surface area contributed by atoms with Crippen LogP contribution in [-0.4, -0.2) is 44.4 Å². The van der Waals surface area contributed by atoms with Gasteiger partial charge < -0.3 is 15.4 Å². The average molecular weight is 402 g/mol. The summed E-state index contributed by atoms with van der Waals surface area (Å²) in [6, 6.07) is 1.80. The van der Waals surface area contributed by atoms with Crippen molar-refractivity contribution in [2.75, 3.05) is 6.54 Å². The van der Waals surface area contributed by atoms with Crippen molar-refractivity contribution in [1.82, 2.24) is 25.4 Å². The molecule has 1 fully saturated rings. The van der Waals surface area contributed by atoms with E-state index in [1.165, 1.54) is 0 Å². The molecule has 1 saturated carbocycles. The molecule has 0 radical (unpaired) electrons. The van der Waals surface area contributed by atoms with Crippen LogP contribution in [0.1, 0.15) is 68.2 Å². The summed E-state index contributed by atoms with van der Waals surface area (Å²) in [5, 5.41) is 11.2. The Morgan fingerprint density at radius 2 is 1.90 bits per heavy atom. The fraction of sp³-hybridized carbons (Fsp3) is 0.619. The SMILES string of the molecule is Cc1cc(C(=O)NC2(CNC(=O)OC(C)(C)C)CCCC2)c2c(C)nn(C)c2n1. The van der Waals surface area contributed by atoms with E-state index in [4.69, 9.17) is 4.74 Å². The standard InChI is InChI=1S/C21H31N5O3/c1-13-11-15(16-14(2)25-26(6)17(16)23-13)18(27)24-21(9-7-8-10-21)12-22-19(28)29-20(3,4)5/h11H,7-10,12H2,1-6H3,(H,22,28)(H,24,27). The van der Waals surface area contributed by atoms with Gasteiger partial charge in [0.2, 0.25) is 0 Å². The first kappa shape index (κ1) is 21.1. The third-order valence-electron chi connectivity index (χ3n) is 5.25. The largest absolute Gasteiger partial charge is 0.444 e. The van der Waals surface area contributed by atoms with Gasteiger partial charge in [0.05, 0.1) is 22.2 Å². The lowest BCUT2D eigenvalue weighted by Gasteiger charge is -2.31. The van der Waals surface area contributed by atoms with Gasteiger partial charge in [-0.2, -0.15) is 5.10 Å². The van der Waals surface area contributed by atoms with Crippen LogP contribution in [0.5, 0.6) is 0 Å². The van der Waals surface area contributed by atoms with Gasteiger partial charge in [-0.25, -0.2) is 9.78 Å². The molecule has 2 aromatic rings. The highest BCUT2D eigenvalue weighted by atomic mass is 16.6. The Bertz CT molecular complexity index is 936. The Labute approximate surface area is 171 Å². The molecule has 0 atom stereocenters. The van der Waals surface area contributed by atoms with Gasteiger partial charge in [0.1, 0.15) is 5.60 Å². The topological polar surface area (TPSA) is 98.1 Å². The van der Waals surface area contributed by atoms with E-state index in [-0.39, 0.29) is 5.91 Å². The molecule has 0 aliphatic heterocycles. The predicted octanol–water partition coefficient (Wildman–Crippen LogP) is 3.15. The monoisotopic (exact) mass is 401 g/mol. The number of carbonyl (C=O) groups is 2. The van der Waals surface area contributed by atoms with Gasteiger partial charge in [0.25, 0.3) is 5.91 Å². The van der Waals surface area contributed by atoms with Crippen LogP contribution >= 0.6 is 0 Å². The summed E-state index contributed by atoms with van der Waals surface area (Å²) in [7, 11) is 1.83. The first-order chi connectivity index (χ1) is 13.5. The van der Waals surface area contributed by atoms with Gasteiger partial charge in [0.15, 0.2) is 5.65 Å². The summed E-state index contributed by atoms with van der Waals surface area (Å²) in [5.41, 5.74) is 1.76. The van der Waals surface area contributed by atoms with Crippen LogP contribution in [0.2, 0.25) is 0 Å². The molecular weight excluding hydrogens is 370 g/mol. The molecule has 0 bridgehead atoms. The lowest BCUT2D eigenvalue weighted by molar-refractivity contribution is 0.0505. The molecule has 0 saturated heterocycles. The summed E-state index contributed by atoms with van der Waals surface area (Å²) >= 11 is 0. The second-order valence-electron chi connectivity index (χ2n) is 9.02. The number of hydrogen-bond acceptors (Lipinski definition) is 5. The first-order valence-corrected chi connectivity index (χ1v) is 10.1. The summed E-state index contributed by atoms with van der Waals surface area (Å²) in [5.74, 6) is -0.163. The van der Waals surface area contributed by atoms with Crippen molar-refractivity contribution in [2.24, 2.45) is 7.05 Å². The molecule has 29 heavy (non-hydrogen) atoms. The maximum atomic E-state index is 13.3. The number of nitrogens with one attached hydrogen (secondary N) is 2. The third kappa shape index (κ3) is 4.68. The van der Waals surface area contributed by atoms with Crippen LogP contribution in [0.15, 0.2) is 6.07 Å². The van der Waals surface area contributed by atoms with Crippen LogP contribution in [-0.2, 0) is 11.8 Å². The van der Waals surface area contributed by atoms with Crippen LogP contribution in [0.3, 0.4) is 0 Å². The minimum Gasteiger partial charge on any atom is -0.444 e. The van der Waals surface area contributed by atoms with E-state index >= 15 is 0 Å². The summed E-state index contributed by atoms with van der Waals surface area (Å²) in [4.78, 5) is 29.9. The fourth-order valence-electron chi connectivity index (χ4n) is 4.01. The number of nitrogens with zero attached hydrogens (tertiary/aromatic N) is 3. The Hall–Kier alpha value is -2.64. The van der Waals surface area contributed by atoms with Crippen molar-refractivity contribution in [3.05, 3.63) is 23.0 Å². The number of ether oxygens (including phenoxy) is 1. The number of pyridine rings is 1. The van der Waals surface area contributed by atoms with Gasteiger partial charge in [0, 0.05) is 19.3 Å². The second kappa shape index (κ2) is 7.65. The highest BCUT2D eigenvalue weighted by molar-refractivity contribution is 6.06. The lowest BCUT2D eigenvalue weighted by atomic mass is 9.96. The maximum Gasteiger partial charge on any atom is 0.407 e. The number of carbonyl (C=O) groups excluding carboxylic acids is 2. The molecule has 0 spiro atoms. The average Bonchev–Trinajstić information content (AvgIpc) is 3.16. The maximum absolute atomic E-state index is 13.3. The Morgan fingerprint density at radius 1 is 1.24 bits per heavy atom. The second-order valence-corrected chi connectivity index (χ2v) is 9.02. The number of aromatic nitrogens is 3. The quantitative estimate of drug-likeness (QED) is 0.820. The van der Waals surface area contributed by atoms with Gasteiger partial charge in [-0.3, -0.25) is 9.48 Å². The zero-order valence-electron chi connectivity index (χ0n) is 18.2. The van der Waals surface area contributed by atoms with Gasteiger partial charge in [-0.15, -0.1) is 0 Å². The lowest BCUT2D eigenvalue weighted by Crippen LogP contribution is -2.54. The predicted molar refractivity (Wildman–Crippen MR) is 111 cm³/mol. The Balaban J connectivity index is 1.82. The van der Waals surface area contributed by atoms with Crippen LogP contribution in [0.25, 0.3) is 11.0 Å². The van der Waals surface area contributed by atoms with E-state index in [2.05, 4.69) is 20.7 Å². The minimum absolute atomic E-state index is 0.163. The molecule has 1 aliphatic rings. The minimum atomic E-state index is -0.561. The van der Waals surface area contributed by atoms with E-state index in [9.17, 15) is 9.59 Å².